The van der Waals surface area contributed by atoms with Gasteiger partial charge in [0, 0.05) is 5.57 Å². The van der Waals surface area contributed by atoms with Gasteiger partial charge in [-0.1, -0.05) is 0 Å². The summed E-state index contributed by atoms with van der Waals surface area (Å²) in [7, 11) is 0. The Balaban J connectivity index is 2.87. The first-order valence-electron chi connectivity index (χ1n) is 3.37. The molecular formula is C7H10O5. The van der Waals surface area contributed by atoms with Gasteiger partial charge in [0.25, 0.3) is 0 Å². The van der Waals surface area contributed by atoms with Crippen molar-refractivity contribution in [1.82, 2.24) is 0 Å². The van der Waals surface area contributed by atoms with Crippen LogP contribution in [0.2, 0.25) is 0 Å². The van der Waals surface area contributed by atoms with Crippen LogP contribution in [0.5, 0.6) is 0 Å². The van der Waals surface area contributed by atoms with Crippen LogP contribution in [0, 0.1) is 0 Å². The Morgan fingerprint density at radius 3 is 2.25 bits per heavy atom. The zero-order valence-corrected chi connectivity index (χ0v) is 6.12. The SMILES string of the molecule is OC1=CC(C(O)O)=CC(O)C1O. The zero-order chi connectivity index (χ0) is 9.30. The summed E-state index contributed by atoms with van der Waals surface area (Å²) < 4.78 is 0. The van der Waals surface area contributed by atoms with E-state index in [1.165, 1.54) is 0 Å². The lowest BCUT2D eigenvalue weighted by molar-refractivity contribution is -0.0116. The summed E-state index contributed by atoms with van der Waals surface area (Å²) in [6.45, 7) is 0. The predicted octanol–water partition coefficient (Wildman–Crippen LogP) is -1.60. The van der Waals surface area contributed by atoms with Crippen LogP contribution in [0.3, 0.4) is 0 Å². The minimum absolute atomic E-state index is 0.0368. The highest BCUT2D eigenvalue weighted by Gasteiger charge is 2.24. The molecule has 0 aromatic rings. The summed E-state index contributed by atoms with van der Waals surface area (Å²) in [6.07, 6.45) is -2.37. The van der Waals surface area contributed by atoms with Crippen molar-refractivity contribution >= 4 is 0 Å². The maximum atomic E-state index is 9.02. The van der Waals surface area contributed by atoms with E-state index < -0.39 is 24.3 Å². The smallest absolute Gasteiger partial charge is 0.178 e. The molecule has 0 amide bonds. The van der Waals surface area contributed by atoms with Gasteiger partial charge < -0.3 is 25.5 Å². The molecule has 0 spiro atoms. The summed E-state index contributed by atoms with van der Waals surface area (Å²) >= 11 is 0. The molecule has 0 saturated carbocycles. The van der Waals surface area contributed by atoms with E-state index in [0.717, 1.165) is 12.2 Å². The summed E-state index contributed by atoms with van der Waals surface area (Å²) in [5.74, 6) is -0.479. The third kappa shape index (κ3) is 1.64. The fourth-order valence-corrected chi connectivity index (χ4v) is 0.928. The number of hydrogen-bond donors (Lipinski definition) is 5. The number of aliphatic hydroxyl groups is 5. The molecule has 5 N–H and O–H groups in total. The van der Waals surface area contributed by atoms with Crippen molar-refractivity contribution in [3.8, 4) is 0 Å². The van der Waals surface area contributed by atoms with Gasteiger partial charge in [-0.2, -0.15) is 0 Å². The fraction of sp³-hybridized carbons (Fsp3) is 0.429. The quantitative estimate of drug-likeness (QED) is 0.308. The van der Waals surface area contributed by atoms with Crippen molar-refractivity contribution in [2.75, 3.05) is 0 Å². The van der Waals surface area contributed by atoms with E-state index >= 15 is 0 Å². The topological polar surface area (TPSA) is 101 Å². The molecule has 1 aliphatic carbocycles. The lowest BCUT2D eigenvalue weighted by Gasteiger charge is -2.20. The van der Waals surface area contributed by atoms with Gasteiger partial charge in [0.15, 0.2) is 6.29 Å². The van der Waals surface area contributed by atoms with Gasteiger partial charge in [-0.05, 0) is 12.2 Å². The lowest BCUT2D eigenvalue weighted by Crippen LogP contribution is -2.30. The van der Waals surface area contributed by atoms with Crippen LogP contribution in [0.25, 0.3) is 0 Å². The Bertz CT molecular complexity index is 230. The van der Waals surface area contributed by atoms with E-state index in [-0.39, 0.29) is 5.57 Å². The highest BCUT2D eigenvalue weighted by molar-refractivity contribution is 5.31. The molecule has 68 valence electrons. The molecule has 0 bridgehead atoms. The molecule has 5 nitrogen and oxygen atoms in total. The van der Waals surface area contributed by atoms with Crippen LogP contribution in [-0.2, 0) is 0 Å². The monoisotopic (exact) mass is 174 g/mol. The first-order valence-corrected chi connectivity index (χ1v) is 3.37. The van der Waals surface area contributed by atoms with Crippen molar-refractivity contribution in [1.29, 1.82) is 0 Å². The van der Waals surface area contributed by atoms with Gasteiger partial charge in [-0.25, -0.2) is 0 Å². The molecule has 0 saturated heterocycles. The first kappa shape index (κ1) is 9.21. The van der Waals surface area contributed by atoms with Crippen LogP contribution in [0.15, 0.2) is 23.5 Å². The molecule has 1 aliphatic rings. The Morgan fingerprint density at radius 2 is 1.83 bits per heavy atom. The highest BCUT2D eigenvalue weighted by Crippen LogP contribution is 2.17. The minimum Gasteiger partial charge on any atom is -0.509 e. The number of aliphatic hydroxyl groups excluding tert-OH is 4. The molecule has 0 aliphatic heterocycles. The molecule has 0 fully saturated rings. The second kappa shape index (κ2) is 3.24. The predicted molar refractivity (Wildman–Crippen MR) is 39.0 cm³/mol. The van der Waals surface area contributed by atoms with Gasteiger partial charge in [0.2, 0.25) is 0 Å². The fourth-order valence-electron chi connectivity index (χ4n) is 0.928. The van der Waals surface area contributed by atoms with E-state index in [4.69, 9.17) is 25.5 Å². The van der Waals surface area contributed by atoms with Crippen molar-refractivity contribution in [2.24, 2.45) is 0 Å². The Kier molecular flexibility index (Phi) is 2.49. The van der Waals surface area contributed by atoms with E-state index in [9.17, 15) is 0 Å². The molecule has 12 heavy (non-hydrogen) atoms. The average molecular weight is 174 g/mol. The minimum atomic E-state index is -1.76. The summed E-state index contributed by atoms with van der Waals surface area (Å²) in [6, 6.07) is 0. The van der Waals surface area contributed by atoms with Crippen molar-refractivity contribution in [3.05, 3.63) is 23.5 Å². The maximum Gasteiger partial charge on any atom is 0.178 e. The molecule has 2 atom stereocenters. The molecule has 0 aromatic heterocycles. The van der Waals surface area contributed by atoms with Crippen LogP contribution in [0.1, 0.15) is 0 Å². The van der Waals surface area contributed by atoms with Gasteiger partial charge in [-0.15, -0.1) is 0 Å². The zero-order valence-electron chi connectivity index (χ0n) is 6.12. The lowest BCUT2D eigenvalue weighted by atomic mass is 10.0. The van der Waals surface area contributed by atoms with E-state index in [2.05, 4.69) is 0 Å². The van der Waals surface area contributed by atoms with Crippen LogP contribution < -0.4 is 0 Å². The van der Waals surface area contributed by atoms with Crippen LogP contribution in [0.4, 0.5) is 0 Å². The van der Waals surface area contributed by atoms with Gasteiger partial charge in [-0.3, -0.25) is 0 Å². The largest absolute Gasteiger partial charge is 0.509 e. The molecule has 0 radical (unpaired) electrons. The second-order valence-corrected chi connectivity index (χ2v) is 2.54. The second-order valence-electron chi connectivity index (χ2n) is 2.54. The Morgan fingerprint density at radius 1 is 1.25 bits per heavy atom. The molecular weight excluding hydrogens is 164 g/mol. The van der Waals surface area contributed by atoms with Gasteiger partial charge in [0.05, 0.1) is 0 Å². The van der Waals surface area contributed by atoms with E-state index in [1.807, 2.05) is 0 Å². The molecule has 0 heterocycles. The summed E-state index contributed by atoms with van der Waals surface area (Å²) in [5, 5.41) is 44.2. The normalized spacial score (nSPS) is 30.1. The van der Waals surface area contributed by atoms with Crippen molar-refractivity contribution in [2.45, 2.75) is 18.5 Å². The molecule has 1 rings (SSSR count). The van der Waals surface area contributed by atoms with Gasteiger partial charge in [0.1, 0.15) is 18.0 Å². The summed E-state index contributed by atoms with van der Waals surface area (Å²) in [5.41, 5.74) is -0.0368. The third-order valence-electron chi connectivity index (χ3n) is 1.60. The molecule has 0 aromatic carbocycles. The standard InChI is InChI=1S/C7H10O5/c8-4-1-3(7(11)12)2-5(9)6(4)10/h1-2,4,6-12H. The summed E-state index contributed by atoms with van der Waals surface area (Å²) in [4.78, 5) is 0. The number of hydrogen-bond acceptors (Lipinski definition) is 5. The average Bonchev–Trinajstić information content (AvgIpc) is 1.99. The van der Waals surface area contributed by atoms with Crippen molar-refractivity contribution < 1.29 is 25.5 Å². The van der Waals surface area contributed by atoms with Crippen LogP contribution in [-0.4, -0.2) is 44.0 Å². The van der Waals surface area contributed by atoms with E-state index in [1.54, 1.807) is 0 Å². The highest BCUT2D eigenvalue weighted by atomic mass is 16.5. The van der Waals surface area contributed by atoms with Crippen LogP contribution >= 0.6 is 0 Å². The third-order valence-corrected chi connectivity index (χ3v) is 1.60. The molecule has 2 unspecified atom stereocenters. The van der Waals surface area contributed by atoms with E-state index in [0.29, 0.717) is 0 Å². The van der Waals surface area contributed by atoms with Gasteiger partial charge >= 0.3 is 0 Å². The Hall–Kier alpha value is -0.880. The van der Waals surface area contributed by atoms with Crippen molar-refractivity contribution in [3.63, 3.8) is 0 Å². The first-order chi connectivity index (χ1) is 5.52. The maximum absolute atomic E-state index is 9.02. The Labute approximate surface area is 68.5 Å². The number of rotatable bonds is 1. The molecule has 5 heteroatoms.